The van der Waals surface area contributed by atoms with E-state index in [2.05, 4.69) is 14.7 Å². The third-order valence-electron chi connectivity index (χ3n) is 6.84. The number of benzene rings is 1. The van der Waals surface area contributed by atoms with Crippen molar-refractivity contribution >= 4 is 27.1 Å². The Morgan fingerprint density at radius 3 is 2.76 bits per heavy atom. The number of ether oxygens (including phenoxy) is 2. The largest absolute Gasteiger partial charge is 0.488 e. The van der Waals surface area contributed by atoms with E-state index in [1.165, 1.54) is 43.6 Å². The highest BCUT2D eigenvalue weighted by atomic mass is 32.2. The first kappa shape index (κ1) is 25.5. The zero-order valence-electron chi connectivity index (χ0n) is 21.1. The third-order valence-corrected chi connectivity index (χ3v) is 8.90. The Balaban J connectivity index is 1.43. The van der Waals surface area contributed by atoms with Gasteiger partial charge in [0, 0.05) is 30.9 Å². The number of sulfonamides is 1. The number of nitrogens with one attached hydrogen (secondary N) is 1. The summed E-state index contributed by atoms with van der Waals surface area (Å²) < 4.78 is 53.5. The maximum absolute atomic E-state index is 14.6. The Morgan fingerprint density at radius 1 is 1.22 bits per heavy atom. The average Bonchev–Trinajstić information content (AvgIpc) is 3.57. The standard InChI is InChI=1S/C26H31FN4O5S/c1-26(2,3)37(33,34)29-25(32)22-15-28-31-9-6-19(14-24(22)31)30-8-4-5-23(30)17-11-18(27)13-21(12-17)36-20-7-10-35-16-20/h6,9,11-15,20,23H,4-5,7-8,10,16H2,1-3H3,(H,29,32)/t20?,23-/m1/s1. The first-order valence-corrected chi connectivity index (χ1v) is 13.9. The molecule has 1 amide bonds. The van der Waals surface area contributed by atoms with Crippen molar-refractivity contribution < 1.29 is 27.1 Å². The molecule has 2 aliphatic rings. The number of nitrogens with zero attached hydrogens (tertiary/aromatic N) is 3. The summed E-state index contributed by atoms with van der Waals surface area (Å²) in [5.41, 5.74) is 2.29. The lowest BCUT2D eigenvalue weighted by atomic mass is 10.0. The summed E-state index contributed by atoms with van der Waals surface area (Å²) in [4.78, 5) is 15.1. The summed E-state index contributed by atoms with van der Waals surface area (Å²) in [6, 6.07) is 8.44. The predicted octanol–water partition coefficient (Wildman–Crippen LogP) is 3.84. The van der Waals surface area contributed by atoms with Gasteiger partial charge in [0.25, 0.3) is 5.91 Å². The van der Waals surface area contributed by atoms with Crippen LogP contribution in [0.1, 0.15) is 62.0 Å². The molecule has 4 heterocycles. The molecular weight excluding hydrogens is 499 g/mol. The fourth-order valence-electron chi connectivity index (χ4n) is 4.72. The second kappa shape index (κ2) is 9.60. The van der Waals surface area contributed by atoms with Crippen LogP contribution in [-0.2, 0) is 14.8 Å². The number of carbonyl (C=O) groups excluding carboxylic acids is 1. The molecule has 5 rings (SSSR count). The van der Waals surface area contributed by atoms with Crippen molar-refractivity contribution in [2.75, 3.05) is 24.7 Å². The fraction of sp³-hybridized carbons (Fsp3) is 0.462. The van der Waals surface area contributed by atoms with Crippen molar-refractivity contribution in [1.29, 1.82) is 0 Å². The molecule has 2 fully saturated rings. The number of hydrogen-bond acceptors (Lipinski definition) is 7. The number of rotatable bonds is 6. The topological polar surface area (TPSA) is 102 Å². The van der Waals surface area contributed by atoms with E-state index in [0.717, 1.165) is 37.1 Å². The Hall–Kier alpha value is -3.18. The first-order valence-electron chi connectivity index (χ1n) is 12.4. The van der Waals surface area contributed by atoms with Gasteiger partial charge in [-0.05, 0) is 63.4 Å². The molecular formula is C26H31FN4O5S. The molecule has 0 saturated carbocycles. The Kier molecular flexibility index (Phi) is 6.61. The highest BCUT2D eigenvalue weighted by Gasteiger charge is 2.32. The molecule has 1 unspecified atom stereocenters. The monoisotopic (exact) mass is 530 g/mol. The van der Waals surface area contributed by atoms with Gasteiger partial charge in [0.2, 0.25) is 10.0 Å². The van der Waals surface area contributed by atoms with Gasteiger partial charge >= 0.3 is 0 Å². The van der Waals surface area contributed by atoms with Crippen LogP contribution >= 0.6 is 0 Å². The fourth-order valence-corrected chi connectivity index (χ4v) is 5.38. The molecule has 198 valence electrons. The summed E-state index contributed by atoms with van der Waals surface area (Å²) in [6.07, 6.45) is 5.53. The molecule has 37 heavy (non-hydrogen) atoms. The quantitative estimate of drug-likeness (QED) is 0.517. The Bertz CT molecular complexity index is 1430. The number of halogens is 1. The van der Waals surface area contributed by atoms with Crippen molar-refractivity contribution in [1.82, 2.24) is 14.3 Å². The summed E-state index contributed by atoms with van der Waals surface area (Å²) in [5.74, 6) is -0.603. The van der Waals surface area contributed by atoms with Gasteiger partial charge in [-0.2, -0.15) is 5.10 Å². The van der Waals surface area contributed by atoms with Crippen LogP contribution in [0.15, 0.2) is 42.7 Å². The number of aromatic nitrogens is 2. The van der Waals surface area contributed by atoms with E-state index in [1.807, 2.05) is 18.2 Å². The maximum Gasteiger partial charge on any atom is 0.268 e. The van der Waals surface area contributed by atoms with Gasteiger partial charge in [-0.3, -0.25) is 4.79 Å². The van der Waals surface area contributed by atoms with Crippen molar-refractivity contribution in [2.24, 2.45) is 0 Å². The predicted molar refractivity (Wildman–Crippen MR) is 137 cm³/mol. The highest BCUT2D eigenvalue weighted by molar-refractivity contribution is 7.91. The molecule has 1 N–H and O–H groups in total. The molecule has 1 aromatic carbocycles. The van der Waals surface area contributed by atoms with Crippen LogP contribution in [0, 0.1) is 5.82 Å². The van der Waals surface area contributed by atoms with Gasteiger partial charge in [-0.1, -0.05) is 0 Å². The second-order valence-electron chi connectivity index (χ2n) is 10.5. The van der Waals surface area contributed by atoms with E-state index in [9.17, 15) is 17.6 Å². The van der Waals surface area contributed by atoms with Gasteiger partial charge in [-0.25, -0.2) is 22.0 Å². The van der Waals surface area contributed by atoms with Gasteiger partial charge < -0.3 is 14.4 Å². The van der Waals surface area contributed by atoms with Gasteiger partial charge in [0.05, 0.1) is 41.3 Å². The molecule has 2 saturated heterocycles. The van der Waals surface area contributed by atoms with Crippen molar-refractivity contribution in [3.63, 3.8) is 0 Å². The van der Waals surface area contributed by atoms with Crippen LogP contribution in [0.25, 0.3) is 5.52 Å². The summed E-state index contributed by atoms with van der Waals surface area (Å²) in [6.45, 7) is 6.46. The van der Waals surface area contributed by atoms with E-state index in [0.29, 0.717) is 24.5 Å². The maximum atomic E-state index is 14.6. The van der Waals surface area contributed by atoms with E-state index in [-0.39, 0.29) is 23.5 Å². The minimum absolute atomic E-state index is 0.0785. The lowest BCUT2D eigenvalue weighted by Gasteiger charge is -2.28. The second-order valence-corrected chi connectivity index (χ2v) is 12.9. The third kappa shape index (κ3) is 5.15. The Labute approximate surface area is 215 Å². The Morgan fingerprint density at radius 2 is 2.03 bits per heavy atom. The molecule has 11 heteroatoms. The zero-order chi connectivity index (χ0) is 26.4. The van der Waals surface area contributed by atoms with Gasteiger partial charge in [0.1, 0.15) is 17.7 Å². The summed E-state index contributed by atoms with van der Waals surface area (Å²) in [5, 5.41) is 4.21. The van der Waals surface area contributed by atoms with Crippen LogP contribution < -0.4 is 14.4 Å². The summed E-state index contributed by atoms with van der Waals surface area (Å²) >= 11 is 0. The van der Waals surface area contributed by atoms with E-state index in [4.69, 9.17) is 9.47 Å². The van der Waals surface area contributed by atoms with Crippen LogP contribution in [0.5, 0.6) is 5.75 Å². The lowest BCUT2D eigenvalue weighted by molar-refractivity contribution is 0.0982. The van der Waals surface area contributed by atoms with Crippen molar-refractivity contribution in [3.8, 4) is 5.75 Å². The molecule has 2 atom stereocenters. The van der Waals surface area contributed by atoms with Crippen LogP contribution in [0.4, 0.5) is 10.1 Å². The minimum atomic E-state index is -3.88. The number of hydrogen-bond donors (Lipinski definition) is 1. The molecule has 9 nitrogen and oxygen atoms in total. The number of anilines is 1. The molecule has 2 aromatic heterocycles. The lowest BCUT2D eigenvalue weighted by Crippen LogP contribution is -2.42. The smallest absolute Gasteiger partial charge is 0.268 e. The zero-order valence-corrected chi connectivity index (χ0v) is 21.9. The van der Waals surface area contributed by atoms with Gasteiger partial charge in [0.15, 0.2) is 0 Å². The SMILES string of the molecule is CC(C)(C)S(=O)(=O)NC(=O)c1cnn2ccc(N3CCC[C@@H]3c3cc(F)cc(OC4CCOC4)c3)cc12. The van der Waals surface area contributed by atoms with Crippen molar-refractivity contribution in [2.45, 2.75) is 56.9 Å². The van der Waals surface area contributed by atoms with E-state index in [1.54, 1.807) is 6.20 Å². The van der Waals surface area contributed by atoms with Crippen LogP contribution in [-0.4, -0.2) is 54.5 Å². The normalized spacial score (nSPS) is 20.5. The van der Waals surface area contributed by atoms with E-state index >= 15 is 0 Å². The number of carbonyl (C=O) groups is 1. The molecule has 0 radical (unpaired) electrons. The molecule has 3 aromatic rings. The number of pyridine rings is 1. The number of amides is 1. The minimum Gasteiger partial charge on any atom is -0.488 e. The first-order chi connectivity index (χ1) is 17.5. The average molecular weight is 531 g/mol. The molecule has 0 bridgehead atoms. The van der Waals surface area contributed by atoms with Crippen molar-refractivity contribution in [3.05, 3.63) is 59.7 Å². The summed E-state index contributed by atoms with van der Waals surface area (Å²) in [7, 11) is -3.88. The molecule has 2 aliphatic heterocycles. The van der Waals surface area contributed by atoms with Crippen LogP contribution in [0.2, 0.25) is 0 Å². The molecule has 0 aliphatic carbocycles. The number of fused-ring (bicyclic) bond motifs is 1. The van der Waals surface area contributed by atoms with Crippen LogP contribution in [0.3, 0.4) is 0 Å². The molecule has 0 spiro atoms. The van der Waals surface area contributed by atoms with Gasteiger partial charge in [-0.15, -0.1) is 0 Å². The highest BCUT2D eigenvalue weighted by Crippen LogP contribution is 2.38. The van der Waals surface area contributed by atoms with E-state index < -0.39 is 20.7 Å².